The van der Waals surface area contributed by atoms with Gasteiger partial charge in [-0.05, 0) is 71.8 Å². The Bertz CT molecular complexity index is 1760. The molecule has 0 fully saturated rings. The van der Waals surface area contributed by atoms with Crippen molar-refractivity contribution in [2.75, 3.05) is 19.0 Å². The van der Waals surface area contributed by atoms with E-state index in [0.29, 0.717) is 41.5 Å². The molecule has 1 amide bonds. The molecule has 5 rings (SSSR count). The fourth-order valence-electron chi connectivity index (χ4n) is 4.98. The van der Waals surface area contributed by atoms with Crippen LogP contribution in [0.1, 0.15) is 35.6 Å². The molecule has 0 saturated carbocycles. The number of benzene rings is 4. The standard InChI is InChI=1S/C34H33BrClN3O6S/c35-27-13-9-25(10-14-27)31-34(19-22-46(42,43)30-5-2-1-3-6-30,33(41)39-37-23-24-7-15-28(36)16-8-24)38-32(45-31)26-11-17-29(18-12-26)44-21-4-20-40/h1-3,5-18,31,37,40H,4,19-23H2,(H,39,41)/t31-,34-/m0/s1. The lowest BCUT2D eigenvalue weighted by molar-refractivity contribution is -0.130. The summed E-state index contributed by atoms with van der Waals surface area (Å²) < 4.78 is 39.9. The van der Waals surface area contributed by atoms with Crippen LogP contribution in [0.2, 0.25) is 5.02 Å². The molecule has 3 N–H and O–H groups in total. The third-order valence-electron chi connectivity index (χ3n) is 7.46. The van der Waals surface area contributed by atoms with Crippen LogP contribution >= 0.6 is 27.5 Å². The van der Waals surface area contributed by atoms with E-state index in [1.54, 1.807) is 54.6 Å². The van der Waals surface area contributed by atoms with Crippen molar-refractivity contribution in [1.29, 1.82) is 0 Å². The number of halogens is 2. The molecule has 240 valence electrons. The zero-order valence-electron chi connectivity index (χ0n) is 24.7. The van der Waals surface area contributed by atoms with Crippen molar-refractivity contribution in [2.24, 2.45) is 4.99 Å². The highest BCUT2D eigenvalue weighted by molar-refractivity contribution is 9.10. The van der Waals surface area contributed by atoms with E-state index in [0.717, 1.165) is 10.0 Å². The van der Waals surface area contributed by atoms with Gasteiger partial charge in [-0.25, -0.2) is 18.8 Å². The zero-order chi connectivity index (χ0) is 32.6. The molecule has 1 heterocycles. The molecule has 0 radical (unpaired) electrons. The number of carbonyl (C=O) groups excluding carboxylic acids is 1. The van der Waals surface area contributed by atoms with Gasteiger partial charge in [-0.2, -0.15) is 0 Å². The summed E-state index contributed by atoms with van der Waals surface area (Å²) >= 11 is 9.48. The first-order valence-electron chi connectivity index (χ1n) is 14.6. The van der Waals surface area contributed by atoms with Gasteiger partial charge in [0.15, 0.2) is 21.5 Å². The number of carbonyl (C=O) groups is 1. The Hall–Kier alpha value is -3.74. The van der Waals surface area contributed by atoms with Gasteiger partial charge in [-0.3, -0.25) is 10.2 Å². The Balaban J connectivity index is 1.50. The van der Waals surface area contributed by atoms with Gasteiger partial charge in [0.05, 0.1) is 17.3 Å². The van der Waals surface area contributed by atoms with Gasteiger partial charge in [0.2, 0.25) is 5.90 Å². The maximum absolute atomic E-state index is 14.3. The molecule has 12 heteroatoms. The van der Waals surface area contributed by atoms with Crippen LogP contribution in [0.15, 0.2) is 117 Å². The Kier molecular flexibility index (Phi) is 11.1. The number of sulfone groups is 1. The maximum atomic E-state index is 14.3. The summed E-state index contributed by atoms with van der Waals surface area (Å²) in [4.78, 5) is 19.3. The van der Waals surface area contributed by atoms with E-state index in [-0.39, 0.29) is 29.6 Å². The van der Waals surface area contributed by atoms with Crippen molar-refractivity contribution in [3.63, 3.8) is 0 Å². The highest BCUT2D eigenvalue weighted by atomic mass is 79.9. The molecule has 0 bridgehead atoms. The first-order valence-corrected chi connectivity index (χ1v) is 17.4. The van der Waals surface area contributed by atoms with Crippen LogP contribution in [-0.2, 0) is 25.9 Å². The third-order valence-corrected chi connectivity index (χ3v) is 9.98. The minimum Gasteiger partial charge on any atom is -0.494 e. The molecule has 1 aliphatic rings. The van der Waals surface area contributed by atoms with Gasteiger partial charge in [-0.15, -0.1) is 0 Å². The minimum atomic E-state index is -3.78. The van der Waals surface area contributed by atoms with Gasteiger partial charge in [-0.1, -0.05) is 70.0 Å². The molecule has 1 aliphatic heterocycles. The van der Waals surface area contributed by atoms with Gasteiger partial charge < -0.3 is 14.6 Å². The molecular formula is C34H33BrClN3O6S. The molecule has 9 nitrogen and oxygen atoms in total. The van der Waals surface area contributed by atoms with Gasteiger partial charge in [0, 0.05) is 41.1 Å². The topological polar surface area (TPSA) is 126 Å². The number of amides is 1. The average Bonchev–Trinajstić information content (AvgIpc) is 3.47. The van der Waals surface area contributed by atoms with Gasteiger partial charge in [0.25, 0.3) is 5.91 Å². The van der Waals surface area contributed by atoms with Crippen LogP contribution in [-0.4, -0.2) is 49.8 Å². The van der Waals surface area contributed by atoms with Crippen molar-refractivity contribution in [3.8, 4) is 5.75 Å². The summed E-state index contributed by atoms with van der Waals surface area (Å²) in [5, 5.41) is 9.64. The largest absolute Gasteiger partial charge is 0.494 e. The number of hydrogen-bond donors (Lipinski definition) is 3. The molecule has 0 aliphatic carbocycles. The molecule has 4 aromatic rings. The quantitative estimate of drug-likeness (QED) is 0.111. The molecule has 4 aromatic carbocycles. The number of aliphatic hydroxyl groups is 1. The Morgan fingerprint density at radius 3 is 2.35 bits per heavy atom. The van der Waals surface area contributed by atoms with Gasteiger partial charge in [0.1, 0.15) is 5.75 Å². The molecule has 46 heavy (non-hydrogen) atoms. The zero-order valence-corrected chi connectivity index (χ0v) is 27.9. The summed E-state index contributed by atoms with van der Waals surface area (Å²) in [6.07, 6.45) is -0.604. The Morgan fingerprint density at radius 1 is 0.978 bits per heavy atom. The van der Waals surface area contributed by atoms with Crippen LogP contribution < -0.4 is 15.6 Å². The number of rotatable bonds is 14. The lowest BCUT2D eigenvalue weighted by atomic mass is 9.85. The van der Waals surface area contributed by atoms with Crippen molar-refractivity contribution in [3.05, 3.63) is 129 Å². The average molecular weight is 727 g/mol. The molecule has 0 aromatic heterocycles. The lowest BCUT2D eigenvalue weighted by Gasteiger charge is -2.30. The first-order chi connectivity index (χ1) is 22.2. The van der Waals surface area contributed by atoms with E-state index < -0.39 is 27.4 Å². The lowest BCUT2D eigenvalue weighted by Crippen LogP contribution is -2.53. The number of hydrazine groups is 1. The van der Waals surface area contributed by atoms with Gasteiger partial charge >= 0.3 is 0 Å². The molecule has 0 unspecified atom stereocenters. The second kappa shape index (κ2) is 15.2. The fraction of sp³-hybridized carbons (Fsp3) is 0.235. The predicted molar refractivity (Wildman–Crippen MR) is 180 cm³/mol. The Labute approximate surface area is 281 Å². The second-order valence-corrected chi connectivity index (χ2v) is 14.1. The normalized spacial score (nSPS) is 17.6. The number of nitrogens with zero attached hydrogens (tertiary/aromatic N) is 1. The number of nitrogens with one attached hydrogen (secondary N) is 2. The summed E-state index contributed by atoms with van der Waals surface area (Å²) in [6.45, 7) is 0.680. The number of ether oxygens (including phenoxy) is 2. The summed E-state index contributed by atoms with van der Waals surface area (Å²) in [6, 6.07) is 29.6. The van der Waals surface area contributed by atoms with E-state index >= 15 is 0 Å². The summed E-state index contributed by atoms with van der Waals surface area (Å²) in [7, 11) is -3.78. The SMILES string of the molecule is O=C(NNCc1ccc(Cl)cc1)[C@@]1(CCS(=O)(=O)c2ccccc2)N=C(c2ccc(OCCCO)cc2)O[C@H]1c1ccc(Br)cc1. The monoisotopic (exact) mass is 725 g/mol. The second-order valence-electron chi connectivity index (χ2n) is 10.7. The third kappa shape index (κ3) is 8.15. The first kappa shape index (κ1) is 33.6. The smallest absolute Gasteiger partial charge is 0.266 e. The minimum absolute atomic E-state index is 0.0267. The summed E-state index contributed by atoms with van der Waals surface area (Å²) in [5.41, 5.74) is 6.19. The van der Waals surface area contributed by atoms with Crippen molar-refractivity contribution < 1.29 is 27.8 Å². The molecule has 0 saturated heterocycles. The van der Waals surface area contributed by atoms with Crippen LogP contribution in [0.25, 0.3) is 0 Å². The van der Waals surface area contributed by atoms with Crippen LogP contribution in [0.5, 0.6) is 5.75 Å². The van der Waals surface area contributed by atoms with Crippen molar-refractivity contribution in [2.45, 2.75) is 35.9 Å². The van der Waals surface area contributed by atoms with Crippen LogP contribution in [0.3, 0.4) is 0 Å². The number of aliphatic hydroxyl groups excluding tert-OH is 1. The van der Waals surface area contributed by atoms with Crippen molar-refractivity contribution >= 4 is 49.2 Å². The number of aliphatic imine (C=N–C) groups is 1. The van der Waals surface area contributed by atoms with E-state index in [1.165, 1.54) is 12.1 Å². The molecule has 0 spiro atoms. The summed E-state index contributed by atoms with van der Waals surface area (Å²) in [5.74, 6) is -0.104. The maximum Gasteiger partial charge on any atom is 0.266 e. The van der Waals surface area contributed by atoms with Crippen molar-refractivity contribution in [1.82, 2.24) is 10.9 Å². The van der Waals surface area contributed by atoms with E-state index in [9.17, 15) is 13.2 Å². The van der Waals surface area contributed by atoms with Crippen LogP contribution in [0.4, 0.5) is 0 Å². The highest BCUT2D eigenvalue weighted by Crippen LogP contribution is 2.43. The van der Waals surface area contributed by atoms with E-state index in [4.69, 9.17) is 31.2 Å². The van der Waals surface area contributed by atoms with E-state index in [2.05, 4.69) is 26.8 Å². The molecule has 2 atom stereocenters. The number of hydrogen-bond acceptors (Lipinski definition) is 8. The van der Waals surface area contributed by atoms with Crippen LogP contribution in [0, 0.1) is 0 Å². The van der Waals surface area contributed by atoms with E-state index in [1.807, 2.05) is 36.4 Å². The highest BCUT2D eigenvalue weighted by Gasteiger charge is 2.53. The Morgan fingerprint density at radius 2 is 1.67 bits per heavy atom. The fourth-order valence-corrected chi connectivity index (χ4v) is 6.76. The predicted octanol–water partition coefficient (Wildman–Crippen LogP) is 5.81. The molecular weight excluding hydrogens is 694 g/mol.